The maximum Gasteiger partial charge on any atom is 0.263 e. The number of imide groups is 1. The Morgan fingerprint density at radius 2 is 1.61 bits per heavy atom. The molecule has 3 amide bonds. The molecule has 0 aliphatic carbocycles. The number of halogens is 1. The first kappa shape index (κ1) is 25.2. The van der Waals surface area contributed by atoms with E-state index in [1.807, 2.05) is 0 Å². The lowest BCUT2D eigenvalue weighted by Crippen LogP contribution is -2.31. The number of para-hydroxylation sites is 2. The SMILES string of the molecule is COc1ccccc1NS(=O)(=O)c1cc(NC(=O)CCCN2C(=O)c3ccccc3C2=O)ccc1Cl. The van der Waals surface area contributed by atoms with Gasteiger partial charge in [-0.05, 0) is 48.9 Å². The Morgan fingerprint density at radius 1 is 0.972 bits per heavy atom. The van der Waals surface area contributed by atoms with Gasteiger partial charge in [-0.1, -0.05) is 35.9 Å². The summed E-state index contributed by atoms with van der Waals surface area (Å²) in [5.41, 5.74) is 1.16. The average molecular weight is 528 g/mol. The highest BCUT2D eigenvalue weighted by molar-refractivity contribution is 7.92. The van der Waals surface area contributed by atoms with Crippen molar-refractivity contribution in [2.45, 2.75) is 17.7 Å². The van der Waals surface area contributed by atoms with E-state index in [-0.39, 0.29) is 52.5 Å². The van der Waals surface area contributed by atoms with Crippen molar-refractivity contribution >= 4 is 50.7 Å². The molecule has 186 valence electrons. The molecule has 1 aliphatic rings. The van der Waals surface area contributed by atoms with E-state index < -0.39 is 15.9 Å². The van der Waals surface area contributed by atoms with Crippen molar-refractivity contribution in [2.75, 3.05) is 23.7 Å². The number of anilines is 2. The standard InChI is InChI=1S/C25H22ClN3O6S/c1-35-21-10-5-4-9-20(21)28-36(33,34)22-15-16(12-13-19(22)26)27-23(30)11-6-14-29-24(31)17-7-2-3-8-18(17)25(29)32/h2-5,7-10,12-13,15,28H,6,11,14H2,1H3,(H,27,30). The Labute approximate surface area is 213 Å². The number of sulfonamides is 1. The Kier molecular flexibility index (Phi) is 7.27. The smallest absolute Gasteiger partial charge is 0.263 e. The first-order chi connectivity index (χ1) is 17.2. The molecule has 0 saturated heterocycles. The molecule has 0 saturated carbocycles. The third kappa shape index (κ3) is 5.19. The summed E-state index contributed by atoms with van der Waals surface area (Å²) < 4.78 is 33.6. The topological polar surface area (TPSA) is 122 Å². The molecule has 11 heteroatoms. The van der Waals surface area contributed by atoms with Crippen molar-refractivity contribution in [3.8, 4) is 5.75 Å². The average Bonchev–Trinajstić information content (AvgIpc) is 3.10. The van der Waals surface area contributed by atoms with E-state index in [0.717, 1.165) is 4.90 Å². The molecule has 1 heterocycles. The summed E-state index contributed by atoms with van der Waals surface area (Å²) in [5, 5.41) is 2.60. The number of nitrogens with one attached hydrogen (secondary N) is 2. The molecule has 0 fully saturated rings. The molecule has 0 unspecified atom stereocenters. The normalized spacial score (nSPS) is 12.9. The lowest BCUT2D eigenvalue weighted by molar-refractivity contribution is -0.116. The molecule has 0 bridgehead atoms. The predicted molar refractivity (Wildman–Crippen MR) is 135 cm³/mol. The molecule has 3 aromatic rings. The number of carbonyl (C=O) groups excluding carboxylic acids is 3. The molecule has 0 atom stereocenters. The van der Waals surface area contributed by atoms with Gasteiger partial charge in [-0.25, -0.2) is 8.42 Å². The maximum atomic E-state index is 13.0. The van der Waals surface area contributed by atoms with Gasteiger partial charge in [0.2, 0.25) is 5.91 Å². The second-order valence-electron chi connectivity index (χ2n) is 7.91. The number of benzene rings is 3. The number of ether oxygens (including phenoxy) is 1. The molecule has 9 nitrogen and oxygen atoms in total. The van der Waals surface area contributed by atoms with Crippen molar-refractivity contribution < 1.29 is 27.5 Å². The number of amides is 3. The van der Waals surface area contributed by atoms with Crippen LogP contribution in [0.4, 0.5) is 11.4 Å². The molecule has 36 heavy (non-hydrogen) atoms. The van der Waals surface area contributed by atoms with Crippen LogP contribution >= 0.6 is 11.6 Å². The molecular formula is C25H22ClN3O6S. The number of nitrogens with zero attached hydrogens (tertiary/aromatic N) is 1. The molecule has 0 aromatic heterocycles. The van der Waals surface area contributed by atoms with Crippen molar-refractivity contribution in [3.63, 3.8) is 0 Å². The van der Waals surface area contributed by atoms with Crippen LogP contribution in [0.25, 0.3) is 0 Å². The molecule has 4 rings (SSSR count). The number of carbonyl (C=O) groups is 3. The Balaban J connectivity index is 1.39. The summed E-state index contributed by atoms with van der Waals surface area (Å²) in [4.78, 5) is 38.2. The molecule has 2 N–H and O–H groups in total. The Bertz CT molecular complexity index is 1420. The fourth-order valence-corrected chi connectivity index (χ4v) is 5.38. The van der Waals surface area contributed by atoms with Gasteiger partial charge in [0, 0.05) is 18.7 Å². The summed E-state index contributed by atoms with van der Waals surface area (Å²) in [6, 6.07) is 17.2. The Hall–Kier alpha value is -3.89. The van der Waals surface area contributed by atoms with Crippen molar-refractivity contribution in [2.24, 2.45) is 0 Å². The third-order valence-electron chi connectivity index (χ3n) is 5.52. The van der Waals surface area contributed by atoms with Crippen molar-refractivity contribution in [1.82, 2.24) is 4.90 Å². The maximum absolute atomic E-state index is 13.0. The van der Waals surface area contributed by atoms with Gasteiger partial charge in [-0.15, -0.1) is 0 Å². The highest BCUT2D eigenvalue weighted by Gasteiger charge is 2.34. The second-order valence-corrected chi connectivity index (χ2v) is 9.97. The van der Waals surface area contributed by atoms with E-state index in [2.05, 4.69) is 10.0 Å². The lowest BCUT2D eigenvalue weighted by Gasteiger charge is -2.14. The third-order valence-corrected chi connectivity index (χ3v) is 7.37. The summed E-state index contributed by atoms with van der Waals surface area (Å²) in [6.45, 7) is 0.0862. The zero-order chi connectivity index (χ0) is 25.9. The van der Waals surface area contributed by atoms with Gasteiger partial charge in [0.15, 0.2) is 0 Å². The van der Waals surface area contributed by atoms with Gasteiger partial charge in [0.25, 0.3) is 21.8 Å². The Morgan fingerprint density at radius 3 is 2.28 bits per heavy atom. The molecule has 1 aliphatic heterocycles. The number of hydrogen-bond acceptors (Lipinski definition) is 6. The molecular weight excluding hydrogens is 506 g/mol. The van der Waals surface area contributed by atoms with Crippen LogP contribution in [-0.2, 0) is 14.8 Å². The zero-order valence-corrected chi connectivity index (χ0v) is 20.7. The monoisotopic (exact) mass is 527 g/mol. The second kappa shape index (κ2) is 10.4. The first-order valence-corrected chi connectivity index (χ1v) is 12.8. The van der Waals surface area contributed by atoms with E-state index in [9.17, 15) is 22.8 Å². The van der Waals surface area contributed by atoms with Crippen LogP contribution in [-0.4, -0.2) is 44.7 Å². The summed E-state index contributed by atoms with van der Waals surface area (Å²) in [7, 11) is -2.67. The highest BCUT2D eigenvalue weighted by Crippen LogP contribution is 2.30. The molecule has 0 radical (unpaired) electrons. The minimum atomic E-state index is -4.10. The summed E-state index contributed by atoms with van der Waals surface area (Å²) >= 11 is 6.15. The van der Waals surface area contributed by atoms with Gasteiger partial charge in [0.05, 0.1) is 28.9 Å². The number of methoxy groups -OCH3 is 1. The van der Waals surface area contributed by atoms with Crippen molar-refractivity contribution in [3.05, 3.63) is 82.9 Å². The van der Waals surface area contributed by atoms with E-state index in [0.29, 0.717) is 16.9 Å². The highest BCUT2D eigenvalue weighted by atomic mass is 35.5. The van der Waals surface area contributed by atoms with Gasteiger partial charge in [-0.3, -0.25) is 24.0 Å². The minimum Gasteiger partial charge on any atom is -0.495 e. The quantitative estimate of drug-likeness (QED) is 0.403. The fraction of sp³-hybridized carbons (Fsp3) is 0.160. The minimum absolute atomic E-state index is 0.0115. The summed E-state index contributed by atoms with van der Waals surface area (Å²) in [5.74, 6) is -0.841. The first-order valence-electron chi connectivity index (χ1n) is 10.9. The van der Waals surface area contributed by atoms with Crippen LogP contribution in [0.3, 0.4) is 0 Å². The van der Waals surface area contributed by atoms with Crippen LogP contribution in [0.5, 0.6) is 5.75 Å². The van der Waals surface area contributed by atoms with Gasteiger partial charge in [-0.2, -0.15) is 0 Å². The molecule has 0 spiro atoms. The predicted octanol–water partition coefficient (Wildman–Crippen LogP) is 4.16. The number of fused-ring (bicyclic) bond motifs is 1. The van der Waals surface area contributed by atoms with Crippen LogP contribution in [0.15, 0.2) is 71.6 Å². The zero-order valence-electron chi connectivity index (χ0n) is 19.2. The largest absolute Gasteiger partial charge is 0.495 e. The van der Waals surface area contributed by atoms with Gasteiger partial charge in [0.1, 0.15) is 10.6 Å². The van der Waals surface area contributed by atoms with Crippen LogP contribution < -0.4 is 14.8 Å². The lowest BCUT2D eigenvalue weighted by atomic mass is 10.1. The number of hydrogen-bond donors (Lipinski definition) is 2. The number of rotatable bonds is 9. The van der Waals surface area contributed by atoms with Crippen molar-refractivity contribution in [1.29, 1.82) is 0 Å². The molecule has 3 aromatic carbocycles. The van der Waals surface area contributed by atoms with Crippen LogP contribution in [0, 0.1) is 0 Å². The van der Waals surface area contributed by atoms with E-state index in [1.165, 1.54) is 25.3 Å². The van der Waals surface area contributed by atoms with E-state index in [1.54, 1.807) is 48.5 Å². The van der Waals surface area contributed by atoms with Gasteiger partial charge < -0.3 is 10.1 Å². The van der Waals surface area contributed by atoms with E-state index in [4.69, 9.17) is 16.3 Å². The fourth-order valence-electron chi connectivity index (χ4n) is 3.78. The van der Waals surface area contributed by atoms with Gasteiger partial charge >= 0.3 is 0 Å². The summed E-state index contributed by atoms with van der Waals surface area (Å²) in [6.07, 6.45) is 0.253. The van der Waals surface area contributed by atoms with E-state index >= 15 is 0 Å². The van der Waals surface area contributed by atoms with Crippen LogP contribution in [0.1, 0.15) is 33.6 Å². The van der Waals surface area contributed by atoms with Crippen LogP contribution in [0.2, 0.25) is 5.02 Å².